The Balaban J connectivity index is 2.17. The molecule has 3 nitrogen and oxygen atoms in total. The van der Waals surface area contributed by atoms with Crippen LogP contribution >= 0.6 is 0 Å². The molecule has 3 heteroatoms. The molecule has 2 atom stereocenters. The van der Waals surface area contributed by atoms with Crippen molar-refractivity contribution in [3.63, 3.8) is 0 Å². The summed E-state index contributed by atoms with van der Waals surface area (Å²) in [5.74, 6) is 0.172. The van der Waals surface area contributed by atoms with Gasteiger partial charge in [0.2, 0.25) is 5.91 Å². The molecule has 0 aliphatic carbocycles. The average Bonchev–Trinajstić information content (AvgIpc) is 2.85. The molecular weight excluding hydrogens is 200 g/mol. The van der Waals surface area contributed by atoms with Crippen LogP contribution in [0.2, 0.25) is 0 Å². The van der Waals surface area contributed by atoms with E-state index in [0.29, 0.717) is 0 Å². The van der Waals surface area contributed by atoms with Gasteiger partial charge in [0.15, 0.2) is 0 Å². The number of para-hydroxylation sites is 1. The van der Waals surface area contributed by atoms with Crippen molar-refractivity contribution in [1.29, 1.82) is 0 Å². The average molecular weight is 216 g/mol. The monoisotopic (exact) mass is 216 g/mol. The summed E-state index contributed by atoms with van der Waals surface area (Å²) in [6.45, 7) is 3.07. The van der Waals surface area contributed by atoms with Crippen molar-refractivity contribution in [2.75, 3.05) is 11.9 Å². The van der Waals surface area contributed by atoms with Gasteiger partial charge >= 0.3 is 0 Å². The summed E-state index contributed by atoms with van der Waals surface area (Å²) in [6, 6.07) is 8.35. The Bertz CT molecular complexity index is 443. The minimum absolute atomic E-state index is 0.172. The molecule has 1 aromatic rings. The number of amides is 1. The first kappa shape index (κ1) is 9.85. The van der Waals surface area contributed by atoms with E-state index in [1.807, 2.05) is 18.2 Å². The fraction of sp³-hybridized carbons (Fsp3) is 0.462. The smallest absolute Gasteiger partial charge is 0.236 e. The molecule has 2 heterocycles. The highest BCUT2D eigenvalue weighted by molar-refractivity contribution is 6.07. The number of hydrogen-bond acceptors (Lipinski definition) is 2. The van der Waals surface area contributed by atoms with E-state index in [-0.39, 0.29) is 17.4 Å². The summed E-state index contributed by atoms with van der Waals surface area (Å²) >= 11 is 0. The molecule has 1 saturated heterocycles. The maximum Gasteiger partial charge on any atom is 0.236 e. The Labute approximate surface area is 95.2 Å². The summed E-state index contributed by atoms with van der Waals surface area (Å²) in [4.78, 5) is 12.3. The van der Waals surface area contributed by atoms with Gasteiger partial charge in [-0.3, -0.25) is 4.79 Å². The van der Waals surface area contributed by atoms with Crippen LogP contribution in [0.1, 0.15) is 25.3 Å². The summed E-state index contributed by atoms with van der Waals surface area (Å²) in [6.07, 6.45) is 1.90. The zero-order chi connectivity index (χ0) is 11.2. The molecule has 0 radical (unpaired) electrons. The Morgan fingerprint density at radius 2 is 2.25 bits per heavy atom. The normalized spacial score (nSPS) is 31.8. The molecule has 1 aromatic carbocycles. The van der Waals surface area contributed by atoms with Gasteiger partial charge in [-0.05, 0) is 31.0 Å². The molecule has 1 spiro atoms. The molecule has 0 aromatic heterocycles. The maximum absolute atomic E-state index is 12.3. The van der Waals surface area contributed by atoms with E-state index < -0.39 is 0 Å². The Hall–Kier alpha value is -1.35. The van der Waals surface area contributed by atoms with E-state index in [0.717, 1.165) is 25.1 Å². The van der Waals surface area contributed by atoms with Crippen molar-refractivity contribution in [3.8, 4) is 0 Å². The molecule has 0 saturated carbocycles. The van der Waals surface area contributed by atoms with E-state index in [4.69, 9.17) is 0 Å². The van der Waals surface area contributed by atoms with E-state index in [1.54, 1.807) is 0 Å². The largest absolute Gasteiger partial charge is 0.325 e. The van der Waals surface area contributed by atoms with Crippen molar-refractivity contribution in [2.45, 2.75) is 31.2 Å². The molecule has 2 unspecified atom stereocenters. The van der Waals surface area contributed by atoms with Crippen LogP contribution in [0.5, 0.6) is 0 Å². The first-order valence-corrected chi connectivity index (χ1v) is 5.93. The number of carbonyl (C=O) groups excluding carboxylic acids is 1. The summed E-state index contributed by atoms with van der Waals surface area (Å²) in [5.41, 5.74) is 1.86. The Morgan fingerprint density at radius 3 is 3.06 bits per heavy atom. The van der Waals surface area contributed by atoms with Crippen LogP contribution in [0.3, 0.4) is 0 Å². The van der Waals surface area contributed by atoms with Crippen LogP contribution in [0.25, 0.3) is 0 Å². The minimum atomic E-state index is -0.314. The number of hydrogen-bond donors (Lipinski definition) is 2. The molecule has 0 bridgehead atoms. The van der Waals surface area contributed by atoms with Crippen molar-refractivity contribution in [2.24, 2.45) is 0 Å². The van der Waals surface area contributed by atoms with Gasteiger partial charge in [0.05, 0.1) is 5.41 Å². The van der Waals surface area contributed by atoms with Crippen LogP contribution < -0.4 is 10.6 Å². The zero-order valence-electron chi connectivity index (χ0n) is 9.42. The van der Waals surface area contributed by atoms with Gasteiger partial charge in [-0.15, -0.1) is 0 Å². The highest BCUT2D eigenvalue weighted by Gasteiger charge is 2.53. The van der Waals surface area contributed by atoms with Crippen molar-refractivity contribution >= 4 is 11.6 Å². The summed E-state index contributed by atoms with van der Waals surface area (Å²) in [5, 5.41) is 6.47. The molecule has 1 fully saturated rings. The fourth-order valence-electron chi connectivity index (χ4n) is 3.22. The van der Waals surface area contributed by atoms with E-state index in [2.05, 4.69) is 23.6 Å². The molecule has 84 valence electrons. The SMILES string of the molecule is CCC1NCCC12C(=O)Nc1ccccc12. The van der Waals surface area contributed by atoms with E-state index >= 15 is 0 Å². The molecule has 1 amide bonds. The molecule has 2 aliphatic rings. The molecule has 2 aliphatic heterocycles. The number of rotatable bonds is 1. The second-order valence-corrected chi connectivity index (χ2v) is 4.64. The molecule has 2 N–H and O–H groups in total. The highest BCUT2D eigenvalue weighted by atomic mass is 16.2. The van der Waals surface area contributed by atoms with E-state index in [9.17, 15) is 4.79 Å². The number of nitrogens with one attached hydrogen (secondary N) is 2. The van der Waals surface area contributed by atoms with Crippen molar-refractivity contribution in [1.82, 2.24) is 5.32 Å². The fourth-order valence-corrected chi connectivity index (χ4v) is 3.22. The molecule has 3 rings (SSSR count). The first-order valence-electron chi connectivity index (χ1n) is 5.93. The minimum Gasteiger partial charge on any atom is -0.325 e. The number of carbonyl (C=O) groups is 1. The predicted molar refractivity (Wildman–Crippen MR) is 63.4 cm³/mol. The van der Waals surface area contributed by atoms with Gasteiger partial charge in [-0.25, -0.2) is 0 Å². The zero-order valence-corrected chi connectivity index (χ0v) is 9.42. The third kappa shape index (κ3) is 1.04. The lowest BCUT2D eigenvalue weighted by molar-refractivity contribution is -0.121. The Kier molecular flexibility index (Phi) is 2.04. The molecular formula is C13H16N2O. The van der Waals surface area contributed by atoms with E-state index in [1.165, 1.54) is 5.56 Å². The lowest BCUT2D eigenvalue weighted by Gasteiger charge is -2.28. The second-order valence-electron chi connectivity index (χ2n) is 4.64. The van der Waals surface area contributed by atoms with Crippen LogP contribution in [0, 0.1) is 0 Å². The van der Waals surface area contributed by atoms with Crippen molar-refractivity contribution in [3.05, 3.63) is 29.8 Å². The highest BCUT2D eigenvalue weighted by Crippen LogP contribution is 2.45. The number of fused-ring (bicyclic) bond motifs is 2. The molecule has 16 heavy (non-hydrogen) atoms. The predicted octanol–water partition coefficient (Wildman–Crippen LogP) is 1.65. The number of benzene rings is 1. The standard InChI is InChI=1S/C13H16N2O/c1-2-11-13(7-8-14-11)9-5-3-4-6-10(9)15-12(13)16/h3-6,11,14H,2,7-8H2,1H3,(H,15,16). The van der Waals surface area contributed by atoms with Gasteiger partial charge < -0.3 is 10.6 Å². The summed E-state index contributed by atoms with van der Waals surface area (Å²) < 4.78 is 0. The van der Waals surface area contributed by atoms with Gasteiger partial charge in [0.1, 0.15) is 0 Å². The van der Waals surface area contributed by atoms with Crippen molar-refractivity contribution < 1.29 is 4.79 Å². The number of anilines is 1. The van der Waals surface area contributed by atoms with Gasteiger partial charge in [-0.1, -0.05) is 25.1 Å². The van der Waals surface area contributed by atoms with Gasteiger partial charge in [0.25, 0.3) is 0 Å². The van der Waals surface area contributed by atoms with Crippen LogP contribution in [0.4, 0.5) is 5.69 Å². The van der Waals surface area contributed by atoms with Crippen LogP contribution in [-0.2, 0) is 10.2 Å². The third-order valence-electron chi connectivity index (χ3n) is 3.97. The lowest BCUT2D eigenvalue weighted by atomic mass is 9.74. The van der Waals surface area contributed by atoms with Gasteiger partial charge in [0, 0.05) is 11.7 Å². The first-order chi connectivity index (χ1) is 7.79. The maximum atomic E-state index is 12.3. The second kappa shape index (κ2) is 3.32. The quantitative estimate of drug-likeness (QED) is 0.749. The van der Waals surface area contributed by atoms with Gasteiger partial charge in [-0.2, -0.15) is 0 Å². The van der Waals surface area contributed by atoms with Crippen LogP contribution in [-0.4, -0.2) is 18.5 Å². The third-order valence-corrected chi connectivity index (χ3v) is 3.97. The topological polar surface area (TPSA) is 41.1 Å². The van der Waals surface area contributed by atoms with Crippen LogP contribution in [0.15, 0.2) is 24.3 Å². The lowest BCUT2D eigenvalue weighted by Crippen LogP contribution is -2.45. The Morgan fingerprint density at radius 1 is 1.44 bits per heavy atom. The summed E-state index contributed by atoms with van der Waals surface area (Å²) in [7, 11) is 0.